The quantitative estimate of drug-likeness (QED) is 0.661. The lowest BCUT2D eigenvalue weighted by Gasteiger charge is -2.15. The van der Waals surface area contributed by atoms with Crippen LogP contribution in [0.4, 0.5) is 0 Å². The molecule has 6 unspecified atom stereocenters. The topological polar surface area (TPSA) is 35.5 Å². The first kappa shape index (κ1) is 20.6. The third-order valence-corrected chi connectivity index (χ3v) is 6.06. The highest BCUT2D eigenvalue weighted by atomic mass is 16.5. The van der Waals surface area contributed by atoms with Gasteiger partial charge in [0, 0.05) is 34.4 Å². The molecule has 4 rings (SSSR count). The van der Waals surface area contributed by atoms with Gasteiger partial charge in [-0.25, -0.2) is 0 Å². The Kier molecular flexibility index (Phi) is 10.0. The summed E-state index contributed by atoms with van der Waals surface area (Å²) in [6.45, 7) is 2.42. The summed E-state index contributed by atoms with van der Waals surface area (Å²) >= 11 is 0. The van der Waals surface area contributed by atoms with Crippen LogP contribution < -0.4 is 0 Å². The first-order valence-corrected chi connectivity index (χ1v) is 9.35. The van der Waals surface area contributed by atoms with Crippen LogP contribution in [0.1, 0.15) is 58.3 Å². The van der Waals surface area contributed by atoms with Crippen molar-refractivity contribution >= 4 is 6.29 Å². The minimum absolute atomic E-state index is 0.448. The maximum absolute atomic E-state index is 10.4. The van der Waals surface area contributed by atoms with Crippen LogP contribution in [0.2, 0.25) is 0 Å². The van der Waals surface area contributed by atoms with Crippen LogP contribution in [0.5, 0.6) is 0 Å². The van der Waals surface area contributed by atoms with E-state index in [4.69, 9.17) is 0 Å². The molecule has 0 aliphatic heterocycles. The zero-order valence-electron chi connectivity index (χ0n) is 15.9. The van der Waals surface area contributed by atoms with Gasteiger partial charge in [-0.1, -0.05) is 19.8 Å². The number of rotatable bonds is 1. The maximum Gasteiger partial charge on any atom is 0.123 e. The molecule has 0 aromatic heterocycles. The molecule has 0 aromatic carbocycles. The molecule has 136 valence electrons. The monoisotopic (exact) mass is 326 g/mol. The number of fused-ring (bicyclic) bond motifs is 4. The van der Waals surface area contributed by atoms with Crippen LogP contribution in [0.15, 0.2) is 0 Å². The van der Waals surface area contributed by atoms with Gasteiger partial charge >= 0.3 is 0 Å². The lowest BCUT2D eigenvalue weighted by atomic mass is 9.90. The second kappa shape index (κ2) is 11.2. The SMILES string of the molecule is CC1CC2CCC1C2.COC.COC.O=CC1CC2CCC1C2. The number of aldehydes is 1. The number of hydrogen-bond acceptors (Lipinski definition) is 3. The molecule has 4 aliphatic rings. The molecule has 0 radical (unpaired) electrons. The van der Waals surface area contributed by atoms with E-state index >= 15 is 0 Å². The fourth-order valence-electron chi connectivity index (χ4n) is 5.02. The van der Waals surface area contributed by atoms with E-state index in [9.17, 15) is 4.79 Å². The van der Waals surface area contributed by atoms with Crippen LogP contribution in [-0.2, 0) is 14.3 Å². The summed E-state index contributed by atoms with van der Waals surface area (Å²) < 4.78 is 8.50. The first-order valence-electron chi connectivity index (χ1n) is 9.35. The van der Waals surface area contributed by atoms with E-state index in [0.29, 0.717) is 5.92 Å². The van der Waals surface area contributed by atoms with Crippen molar-refractivity contribution in [3.05, 3.63) is 0 Å². The van der Waals surface area contributed by atoms with Gasteiger partial charge in [0.05, 0.1) is 0 Å². The Morgan fingerprint density at radius 3 is 1.39 bits per heavy atom. The molecule has 4 bridgehead atoms. The zero-order chi connectivity index (χ0) is 17.2. The summed E-state index contributed by atoms with van der Waals surface area (Å²) in [5, 5.41) is 0. The average molecular weight is 327 g/mol. The number of ether oxygens (including phenoxy) is 2. The Bertz CT molecular complexity index is 314. The van der Waals surface area contributed by atoms with Gasteiger partial charge in [-0.05, 0) is 68.1 Å². The van der Waals surface area contributed by atoms with Crippen molar-refractivity contribution in [2.75, 3.05) is 28.4 Å². The first-order chi connectivity index (χ1) is 11.1. The van der Waals surface area contributed by atoms with Crippen molar-refractivity contribution < 1.29 is 14.3 Å². The smallest absolute Gasteiger partial charge is 0.123 e. The zero-order valence-corrected chi connectivity index (χ0v) is 15.9. The molecule has 0 aromatic rings. The summed E-state index contributed by atoms with van der Waals surface area (Å²) in [4.78, 5) is 10.4. The molecule has 4 fully saturated rings. The fourth-order valence-corrected chi connectivity index (χ4v) is 5.02. The van der Waals surface area contributed by atoms with Gasteiger partial charge in [-0.15, -0.1) is 0 Å². The Labute approximate surface area is 143 Å². The number of hydrogen-bond donors (Lipinski definition) is 0. The largest absolute Gasteiger partial charge is 0.388 e. The molecule has 3 heteroatoms. The van der Waals surface area contributed by atoms with Gasteiger partial charge in [-0.3, -0.25) is 0 Å². The van der Waals surface area contributed by atoms with E-state index in [1.54, 1.807) is 54.1 Å². The van der Waals surface area contributed by atoms with Crippen LogP contribution in [0, 0.1) is 35.5 Å². The summed E-state index contributed by atoms with van der Waals surface area (Å²) in [7, 11) is 6.50. The lowest BCUT2D eigenvalue weighted by molar-refractivity contribution is -0.112. The van der Waals surface area contributed by atoms with Gasteiger partial charge in [0.1, 0.15) is 6.29 Å². The van der Waals surface area contributed by atoms with Gasteiger partial charge in [-0.2, -0.15) is 0 Å². The van der Waals surface area contributed by atoms with Crippen molar-refractivity contribution in [1.29, 1.82) is 0 Å². The van der Waals surface area contributed by atoms with E-state index in [2.05, 4.69) is 16.4 Å². The molecule has 6 atom stereocenters. The minimum atomic E-state index is 0.448. The van der Waals surface area contributed by atoms with Gasteiger partial charge < -0.3 is 14.3 Å². The molecule has 0 heterocycles. The van der Waals surface area contributed by atoms with E-state index in [1.807, 2.05) is 0 Å². The van der Waals surface area contributed by atoms with Crippen LogP contribution in [0.3, 0.4) is 0 Å². The van der Waals surface area contributed by atoms with Gasteiger partial charge in [0.2, 0.25) is 0 Å². The van der Waals surface area contributed by atoms with Crippen molar-refractivity contribution in [3.8, 4) is 0 Å². The molecular formula is C20H38O3. The normalized spacial score (nSPS) is 38.7. The minimum Gasteiger partial charge on any atom is -0.388 e. The van der Waals surface area contributed by atoms with E-state index < -0.39 is 0 Å². The van der Waals surface area contributed by atoms with E-state index in [0.717, 1.165) is 29.6 Å². The highest BCUT2D eigenvalue weighted by molar-refractivity contribution is 5.55. The summed E-state index contributed by atoms with van der Waals surface area (Å²) in [5.41, 5.74) is 0. The van der Waals surface area contributed by atoms with Crippen molar-refractivity contribution in [2.45, 2.75) is 58.3 Å². The predicted octanol–water partition coefficient (Wildman–Crippen LogP) is 4.59. The molecule has 3 nitrogen and oxygen atoms in total. The van der Waals surface area contributed by atoms with E-state index in [-0.39, 0.29) is 0 Å². The van der Waals surface area contributed by atoms with Gasteiger partial charge in [0.25, 0.3) is 0 Å². The second-order valence-electron chi connectivity index (χ2n) is 7.94. The highest BCUT2D eigenvalue weighted by Crippen LogP contribution is 2.48. The van der Waals surface area contributed by atoms with Crippen LogP contribution in [0.25, 0.3) is 0 Å². The third-order valence-electron chi connectivity index (χ3n) is 6.06. The van der Waals surface area contributed by atoms with E-state index in [1.165, 1.54) is 32.0 Å². The highest BCUT2D eigenvalue weighted by Gasteiger charge is 2.39. The Hall–Kier alpha value is -0.410. The average Bonchev–Trinajstić information content (AvgIpc) is 3.30. The van der Waals surface area contributed by atoms with Crippen LogP contribution in [-0.4, -0.2) is 34.7 Å². The number of carbonyl (C=O) groups excluding carboxylic acids is 1. The fraction of sp³-hybridized carbons (Fsp3) is 0.950. The van der Waals surface area contributed by atoms with Gasteiger partial charge in [0.15, 0.2) is 0 Å². The number of carbonyl (C=O) groups is 1. The Balaban J connectivity index is 0.000000174. The summed E-state index contributed by atoms with van der Waals surface area (Å²) in [5.74, 6) is 5.52. The van der Waals surface area contributed by atoms with Crippen molar-refractivity contribution in [1.82, 2.24) is 0 Å². The molecular weight excluding hydrogens is 288 g/mol. The molecule has 0 saturated heterocycles. The molecule has 23 heavy (non-hydrogen) atoms. The van der Waals surface area contributed by atoms with Crippen molar-refractivity contribution in [3.63, 3.8) is 0 Å². The number of methoxy groups -OCH3 is 2. The third kappa shape index (κ3) is 6.54. The molecule has 0 amide bonds. The summed E-state index contributed by atoms with van der Waals surface area (Å²) in [6, 6.07) is 0. The summed E-state index contributed by atoms with van der Waals surface area (Å²) in [6.07, 6.45) is 12.7. The molecule has 0 N–H and O–H groups in total. The molecule has 4 saturated carbocycles. The maximum atomic E-state index is 10.4. The standard InChI is InChI=1S/C8H12O.C8H14.2C2H6O/c9-5-8-4-6-1-2-7(8)3-6;1-6-4-7-2-3-8(6)5-7;2*1-3-2/h5-8H,1-4H2;6-8H,2-5H2,1H3;2*1-2H3. The lowest BCUT2D eigenvalue weighted by Crippen LogP contribution is -2.10. The molecule has 4 aliphatic carbocycles. The Morgan fingerprint density at radius 1 is 0.739 bits per heavy atom. The van der Waals surface area contributed by atoms with Crippen LogP contribution >= 0.6 is 0 Å². The van der Waals surface area contributed by atoms with Crippen molar-refractivity contribution in [2.24, 2.45) is 35.5 Å². The predicted molar refractivity (Wildman–Crippen MR) is 95.5 cm³/mol. The Morgan fingerprint density at radius 2 is 1.22 bits per heavy atom. The molecule has 0 spiro atoms. The second-order valence-corrected chi connectivity index (χ2v) is 7.94.